The fraction of sp³-hybridized carbons (Fsp3) is 0.467. The first-order valence-electron chi connectivity index (χ1n) is 6.98. The summed E-state index contributed by atoms with van der Waals surface area (Å²) in [6.07, 6.45) is 3.91. The number of hydrogen-bond acceptors (Lipinski definition) is 2. The Morgan fingerprint density at radius 3 is 2.62 bits per heavy atom. The van der Waals surface area contributed by atoms with E-state index in [1.165, 1.54) is 12.1 Å². The number of aliphatic carboxylic acids is 1. The molecule has 1 aliphatic rings. The van der Waals surface area contributed by atoms with E-state index >= 15 is 0 Å². The van der Waals surface area contributed by atoms with Gasteiger partial charge in [-0.1, -0.05) is 30.9 Å². The standard InChI is InChI=1S/C15H17ClFNO3/c16-11-8-9(6-7-12(11)17)14(19)18-13-5-3-1-2-4-10(13)15(20)21/h6-8,10,13H,1-5H2,(H,18,19)(H,20,21). The summed E-state index contributed by atoms with van der Waals surface area (Å²) < 4.78 is 13.1. The zero-order valence-electron chi connectivity index (χ0n) is 11.4. The highest BCUT2D eigenvalue weighted by Crippen LogP contribution is 2.24. The molecule has 21 heavy (non-hydrogen) atoms. The monoisotopic (exact) mass is 313 g/mol. The Morgan fingerprint density at radius 1 is 1.24 bits per heavy atom. The first-order chi connectivity index (χ1) is 9.99. The molecule has 2 atom stereocenters. The molecule has 1 saturated carbocycles. The fourth-order valence-electron chi connectivity index (χ4n) is 2.67. The lowest BCUT2D eigenvalue weighted by atomic mass is 9.94. The number of carboxylic acid groups (broad SMARTS) is 1. The molecule has 1 aromatic rings. The van der Waals surface area contributed by atoms with Gasteiger partial charge in [0.1, 0.15) is 5.82 Å². The maximum absolute atomic E-state index is 13.1. The van der Waals surface area contributed by atoms with Crippen molar-refractivity contribution in [2.24, 2.45) is 5.92 Å². The van der Waals surface area contributed by atoms with E-state index in [1.807, 2.05) is 0 Å². The summed E-state index contributed by atoms with van der Waals surface area (Å²) in [4.78, 5) is 23.5. The number of halogens is 2. The van der Waals surface area contributed by atoms with E-state index in [4.69, 9.17) is 11.6 Å². The van der Waals surface area contributed by atoms with Crippen LogP contribution >= 0.6 is 11.6 Å². The summed E-state index contributed by atoms with van der Waals surface area (Å²) >= 11 is 5.66. The lowest BCUT2D eigenvalue weighted by Gasteiger charge is -2.23. The summed E-state index contributed by atoms with van der Waals surface area (Å²) in [6, 6.07) is 3.31. The first-order valence-corrected chi connectivity index (χ1v) is 7.35. The highest BCUT2D eigenvalue weighted by atomic mass is 35.5. The molecule has 2 rings (SSSR count). The third-order valence-electron chi connectivity index (χ3n) is 3.83. The molecule has 114 valence electrons. The first kappa shape index (κ1) is 15.8. The minimum atomic E-state index is -0.890. The van der Waals surface area contributed by atoms with Crippen molar-refractivity contribution in [3.05, 3.63) is 34.6 Å². The van der Waals surface area contributed by atoms with Gasteiger partial charge in [-0.3, -0.25) is 9.59 Å². The normalized spacial score (nSPS) is 22.4. The number of carbonyl (C=O) groups is 2. The molecule has 1 aromatic carbocycles. The van der Waals surface area contributed by atoms with Crippen LogP contribution in [0.2, 0.25) is 5.02 Å². The molecular formula is C15H17ClFNO3. The van der Waals surface area contributed by atoms with Crippen molar-refractivity contribution in [3.8, 4) is 0 Å². The second-order valence-corrected chi connectivity index (χ2v) is 5.70. The average molecular weight is 314 g/mol. The molecule has 0 spiro atoms. The lowest BCUT2D eigenvalue weighted by molar-refractivity contribution is -0.142. The Hall–Kier alpha value is -1.62. The molecule has 0 saturated heterocycles. The molecule has 0 bridgehead atoms. The van der Waals surface area contributed by atoms with Crippen LogP contribution in [0.4, 0.5) is 4.39 Å². The van der Waals surface area contributed by atoms with Crippen molar-refractivity contribution in [1.82, 2.24) is 5.32 Å². The Morgan fingerprint density at radius 2 is 1.95 bits per heavy atom. The number of amides is 1. The van der Waals surface area contributed by atoms with E-state index in [2.05, 4.69) is 5.32 Å². The van der Waals surface area contributed by atoms with Gasteiger partial charge in [0.15, 0.2) is 0 Å². The number of carboxylic acids is 1. The molecule has 1 fully saturated rings. The molecule has 0 heterocycles. The molecule has 2 N–H and O–H groups in total. The lowest BCUT2D eigenvalue weighted by Crippen LogP contribution is -2.42. The zero-order valence-corrected chi connectivity index (χ0v) is 12.2. The Kier molecular flexibility index (Phi) is 5.17. The minimum Gasteiger partial charge on any atom is -0.481 e. The molecule has 4 nitrogen and oxygen atoms in total. The van der Waals surface area contributed by atoms with Crippen LogP contribution in [0, 0.1) is 11.7 Å². The van der Waals surface area contributed by atoms with Crippen molar-refractivity contribution in [2.45, 2.75) is 38.1 Å². The SMILES string of the molecule is O=C(NC1CCCCCC1C(=O)O)c1ccc(F)c(Cl)c1. The van der Waals surface area contributed by atoms with E-state index in [-0.39, 0.29) is 10.6 Å². The number of nitrogens with one attached hydrogen (secondary N) is 1. The van der Waals surface area contributed by atoms with Crippen molar-refractivity contribution < 1.29 is 19.1 Å². The summed E-state index contributed by atoms with van der Waals surface area (Å²) in [5, 5.41) is 11.9. The van der Waals surface area contributed by atoms with E-state index in [0.717, 1.165) is 25.3 Å². The van der Waals surface area contributed by atoms with Gasteiger partial charge in [0.2, 0.25) is 0 Å². The predicted molar refractivity (Wildman–Crippen MR) is 76.9 cm³/mol. The van der Waals surface area contributed by atoms with Crippen LogP contribution in [-0.2, 0) is 4.79 Å². The van der Waals surface area contributed by atoms with Gasteiger partial charge in [-0.15, -0.1) is 0 Å². The second-order valence-electron chi connectivity index (χ2n) is 5.29. The number of hydrogen-bond donors (Lipinski definition) is 2. The van der Waals surface area contributed by atoms with E-state index < -0.39 is 29.7 Å². The molecule has 2 unspecified atom stereocenters. The highest BCUT2D eigenvalue weighted by molar-refractivity contribution is 6.31. The van der Waals surface area contributed by atoms with Crippen LogP contribution in [0.3, 0.4) is 0 Å². The third kappa shape index (κ3) is 3.94. The fourth-order valence-corrected chi connectivity index (χ4v) is 2.85. The van der Waals surface area contributed by atoms with Crippen LogP contribution in [0.15, 0.2) is 18.2 Å². The average Bonchev–Trinajstić information content (AvgIpc) is 2.67. The van der Waals surface area contributed by atoms with Gasteiger partial charge < -0.3 is 10.4 Å². The van der Waals surface area contributed by atoms with Gasteiger partial charge in [-0.2, -0.15) is 0 Å². The second kappa shape index (κ2) is 6.89. The van der Waals surface area contributed by atoms with Gasteiger partial charge >= 0.3 is 5.97 Å². The maximum atomic E-state index is 13.1. The minimum absolute atomic E-state index is 0.127. The van der Waals surface area contributed by atoms with Crippen LogP contribution in [0.25, 0.3) is 0 Å². The topological polar surface area (TPSA) is 66.4 Å². The summed E-state index contributed by atoms with van der Waals surface area (Å²) in [6.45, 7) is 0. The van der Waals surface area contributed by atoms with E-state index in [0.29, 0.717) is 12.8 Å². The van der Waals surface area contributed by atoms with Crippen molar-refractivity contribution in [1.29, 1.82) is 0 Å². The van der Waals surface area contributed by atoms with Gasteiger partial charge in [0, 0.05) is 11.6 Å². The Bertz CT molecular complexity index is 550. The van der Waals surface area contributed by atoms with E-state index in [1.54, 1.807) is 0 Å². The molecule has 0 aromatic heterocycles. The maximum Gasteiger partial charge on any atom is 0.308 e. The molecule has 1 aliphatic carbocycles. The smallest absolute Gasteiger partial charge is 0.308 e. The number of rotatable bonds is 3. The van der Waals surface area contributed by atoms with Crippen LogP contribution in [-0.4, -0.2) is 23.0 Å². The van der Waals surface area contributed by atoms with Crippen molar-refractivity contribution >= 4 is 23.5 Å². The number of benzene rings is 1. The molecule has 0 aliphatic heterocycles. The van der Waals surface area contributed by atoms with E-state index in [9.17, 15) is 19.1 Å². The molecule has 6 heteroatoms. The molecule has 0 radical (unpaired) electrons. The summed E-state index contributed by atoms with van der Waals surface area (Å²) in [5.74, 6) is -2.48. The van der Waals surface area contributed by atoms with Crippen LogP contribution in [0.1, 0.15) is 42.5 Å². The molecular weight excluding hydrogens is 297 g/mol. The quantitative estimate of drug-likeness (QED) is 0.842. The van der Waals surface area contributed by atoms with Crippen LogP contribution < -0.4 is 5.32 Å². The highest BCUT2D eigenvalue weighted by Gasteiger charge is 2.30. The summed E-state index contributed by atoms with van der Waals surface area (Å²) in [5.41, 5.74) is 0.231. The zero-order chi connectivity index (χ0) is 15.4. The van der Waals surface area contributed by atoms with Crippen molar-refractivity contribution in [3.63, 3.8) is 0 Å². The van der Waals surface area contributed by atoms with Crippen LogP contribution in [0.5, 0.6) is 0 Å². The van der Waals surface area contributed by atoms with Crippen molar-refractivity contribution in [2.75, 3.05) is 0 Å². The van der Waals surface area contributed by atoms with Gasteiger partial charge in [-0.25, -0.2) is 4.39 Å². The van der Waals surface area contributed by atoms with Gasteiger partial charge in [0.05, 0.1) is 10.9 Å². The molecule has 1 amide bonds. The summed E-state index contributed by atoms with van der Waals surface area (Å²) in [7, 11) is 0. The Labute approximate surface area is 127 Å². The van der Waals surface area contributed by atoms with Gasteiger partial charge in [-0.05, 0) is 31.0 Å². The Balaban J connectivity index is 2.12. The largest absolute Gasteiger partial charge is 0.481 e. The third-order valence-corrected chi connectivity index (χ3v) is 4.12. The number of carbonyl (C=O) groups excluding carboxylic acids is 1. The van der Waals surface area contributed by atoms with Gasteiger partial charge in [0.25, 0.3) is 5.91 Å². The predicted octanol–water partition coefficient (Wildman–Crippen LogP) is 3.24.